The fourth-order valence-corrected chi connectivity index (χ4v) is 4.47. The third-order valence-electron chi connectivity index (χ3n) is 5.48. The Hall–Kier alpha value is -2.22. The quantitative estimate of drug-likeness (QED) is 0.257. The van der Waals surface area contributed by atoms with Crippen molar-refractivity contribution >= 4 is 35.4 Å². The lowest BCUT2D eigenvalue weighted by Gasteiger charge is -2.30. The van der Waals surface area contributed by atoms with Gasteiger partial charge in [0.2, 0.25) is 0 Å². The Morgan fingerprint density at radius 1 is 1.24 bits per heavy atom. The molecule has 4 nitrogen and oxygen atoms in total. The third-order valence-corrected chi connectivity index (χ3v) is 6.59. The molecule has 0 spiro atoms. The molecule has 236 valence electrons. The Balaban J connectivity index is 0.000000634. The fourth-order valence-electron chi connectivity index (χ4n) is 3.71. The minimum atomic E-state index is -0.667. The Labute approximate surface area is 263 Å². The molecule has 0 aromatic heterocycles. The van der Waals surface area contributed by atoms with Crippen molar-refractivity contribution in [1.29, 1.82) is 0 Å². The SMILES string of the molecule is C=C(S/C=C\C)C1=NCC(C2=CC=N2)=C2CC(C)CN12.CC.CC(C)F.CCCCOCCC.Fc1cccc(Cl)c1. The lowest BCUT2D eigenvalue weighted by atomic mass is 10.0. The van der Waals surface area contributed by atoms with Gasteiger partial charge in [0.05, 0.1) is 18.4 Å². The van der Waals surface area contributed by atoms with E-state index in [-0.39, 0.29) is 5.82 Å². The number of nitrogens with zero attached hydrogens (tertiary/aromatic N) is 3. The number of benzene rings is 1. The highest BCUT2D eigenvalue weighted by molar-refractivity contribution is 8.06. The second kappa shape index (κ2) is 24.2. The molecular weight excluding hydrogens is 572 g/mol. The van der Waals surface area contributed by atoms with Crippen molar-refractivity contribution in [2.45, 2.75) is 87.2 Å². The van der Waals surface area contributed by atoms with Gasteiger partial charge in [-0.15, -0.1) is 0 Å². The molecule has 1 saturated heterocycles. The number of unbranched alkanes of at least 4 members (excludes halogenated alkanes) is 1. The van der Waals surface area contributed by atoms with E-state index in [4.69, 9.17) is 21.3 Å². The van der Waals surface area contributed by atoms with Crippen molar-refractivity contribution in [3.05, 3.63) is 81.1 Å². The van der Waals surface area contributed by atoms with Gasteiger partial charge < -0.3 is 9.64 Å². The predicted molar refractivity (Wildman–Crippen MR) is 183 cm³/mol. The van der Waals surface area contributed by atoms with Crippen molar-refractivity contribution in [3.8, 4) is 0 Å². The summed E-state index contributed by atoms with van der Waals surface area (Å²) < 4.78 is 28.3. The Kier molecular flexibility index (Phi) is 23.0. The van der Waals surface area contributed by atoms with Crippen LogP contribution in [0.2, 0.25) is 5.02 Å². The highest BCUT2D eigenvalue weighted by Gasteiger charge is 2.34. The summed E-state index contributed by atoms with van der Waals surface area (Å²) in [7, 11) is 0. The molecule has 8 heteroatoms. The van der Waals surface area contributed by atoms with Gasteiger partial charge in [-0.05, 0) is 75.6 Å². The molecule has 1 unspecified atom stereocenters. The number of allylic oxidation sites excluding steroid dienone is 3. The van der Waals surface area contributed by atoms with E-state index in [0.717, 1.165) is 55.6 Å². The van der Waals surface area contributed by atoms with E-state index in [0.29, 0.717) is 10.9 Å². The number of halogens is 3. The maximum absolute atomic E-state index is 12.1. The van der Waals surface area contributed by atoms with Gasteiger partial charge in [0, 0.05) is 47.2 Å². The van der Waals surface area contributed by atoms with Crippen LogP contribution in [0.1, 0.15) is 81.1 Å². The number of hydrogen-bond donors (Lipinski definition) is 0. The average Bonchev–Trinajstić information content (AvgIpc) is 3.32. The highest BCUT2D eigenvalue weighted by atomic mass is 35.5. The topological polar surface area (TPSA) is 37.2 Å². The molecule has 3 aliphatic heterocycles. The van der Waals surface area contributed by atoms with E-state index >= 15 is 0 Å². The van der Waals surface area contributed by atoms with E-state index in [1.165, 1.54) is 50.1 Å². The van der Waals surface area contributed by atoms with Gasteiger partial charge >= 0.3 is 0 Å². The summed E-state index contributed by atoms with van der Waals surface area (Å²) in [5, 5.41) is 2.49. The summed E-state index contributed by atoms with van der Waals surface area (Å²) in [5.74, 6) is 1.41. The largest absolute Gasteiger partial charge is 0.381 e. The molecule has 1 fully saturated rings. The molecule has 4 rings (SSSR count). The van der Waals surface area contributed by atoms with Crippen molar-refractivity contribution < 1.29 is 13.5 Å². The van der Waals surface area contributed by atoms with Crippen LogP contribution in [0.3, 0.4) is 0 Å². The van der Waals surface area contributed by atoms with E-state index in [2.05, 4.69) is 48.7 Å². The molecule has 1 aromatic rings. The standard InChI is InChI=1S/C16H19N3S.C7H16O.C6H4ClF.C3H7F.C2H6/c1-4-7-20-12(3)16-18-9-13(14-5-6-17-14)15-8-11(2)10-19(15)16;1-3-5-7-8-6-4-2;7-5-2-1-3-6(8)4-5;1-3(2)4;1-2/h4-7,11H,3,8-10H2,1-2H3;3-7H2,1-2H3;1-4H;3H,1-2H3;1-2H3/b7-4-;;;;. The van der Waals surface area contributed by atoms with E-state index in [9.17, 15) is 8.78 Å². The van der Waals surface area contributed by atoms with Crippen molar-refractivity contribution in [1.82, 2.24) is 4.90 Å². The van der Waals surface area contributed by atoms with Gasteiger partial charge in [-0.2, -0.15) is 0 Å². The first-order valence-electron chi connectivity index (χ1n) is 15.0. The first-order chi connectivity index (χ1) is 20.1. The summed E-state index contributed by atoms with van der Waals surface area (Å²) in [4.78, 5) is 12.5. The molecule has 0 saturated carbocycles. The molecule has 0 bridgehead atoms. The maximum atomic E-state index is 12.1. The minimum absolute atomic E-state index is 0.294. The zero-order valence-electron chi connectivity index (χ0n) is 26.9. The normalized spacial score (nSPS) is 16.4. The molecule has 1 atom stereocenters. The first kappa shape index (κ1) is 39.8. The van der Waals surface area contributed by atoms with Crippen LogP contribution in [0.5, 0.6) is 0 Å². The number of rotatable bonds is 9. The second-order valence-corrected chi connectivity index (χ2v) is 11.2. The lowest BCUT2D eigenvalue weighted by Crippen LogP contribution is -2.32. The van der Waals surface area contributed by atoms with Crippen LogP contribution in [0.15, 0.2) is 80.3 Å². The summed E-state index contributed by atoms with van der Waals surface area (Å²) in [6.45, 7) is 23.4. The van der Waals surface area contributed by atoms with Crippen molar-refractivity contribution in [2.75, 3.05) is 26.3 Å². The lowest BCUT2D eigenvalue weighted by molar-refractivity contribution is 0.132. The number of thioether (sulfide) groups is 1. The van der Waals surface area contributed by atoms with Gasteiger partial charge in [0.1, 0.15) is 11.7 Å². The van der Waals surface area contributed by atoms with Gasteiger partial charge in [-0.3, -0.25) is 9.98 Å². The molecule has 0 N–H and O–H groups in total. The van der Waals surface area contributed by atoms with Gasteiger partial charge in [0.15, 0.2) is 0 Å². The average molecular weight is 624 g/mol. The number of aliphatic imine (C=N–C) groups is 2. The molecule has 0 radical (unpaired) electrons. The summed E-state index contributed by atoms with van der Waals surface area (Å²) in [6, 6.07) is 5.82. The van der Waals surface area contributed by atoms with Crippen LogP contribution in [0.4, 0.5) is 8.78 Å². The van der Waals surface area contributed by atoms with Gasteiger partial charge in [0.25, 0.3) is 0 Å². The number of fused-ring (bicyclic) bond motifs is 1. The Morgan fingerprint density at radius 2 is 1.90 bits per heavy atom. The molecule has 0 amide bonds. The number of amidine groups is 1. The minimum Gasteiger partial charge on any atom is -0.381 e. The van der Waals surface area contributed by atoms with E-state index < -0.39 is 6.17 Å². The summed E-state index contributed by atoms with van der Waals surface area (Å²) in [5.41, 5.74) is 3.80. The fraction of sp³-hybridized carbons (Fsp3) is 0.529. The van der Waals surface area contributed by atoms with Crippen molar-refractivity contribution in [3.63, 3.8) is 0 Å². The second-order valence-electron chi connectivity index (χ2n) is 9.75. The van der Waals surface area contributed by atoms with E-state index in [1.807, 2.05) is 33.1 Å². The molecule has 3 heterocycles. The van der Waals surface area contributed by atoms with Crippen LogP contribution in [0, 0.1) is 11.7 Å². The Morgan fingerprint density at radius 3 is 2.38 bits per heavy atom. The smallest absolute Gasteiger partial charge is 0.141 e. The van der Waals surface area contributed by atoms with Gasteiger partial charge in [-0.25, -0.2) is 8.78 Å². The molecule has 3 aliphatic rings. The zero-order chi connectivity index (χ0) is 31.9. The third kappa shape index (κ3) is 16.4. The van der Waals surface area contributed by atoms with Crippen LogP contribution in [-0.2, 0) is 4.74 Å². The molecule has 1 aromatic carbocycles. The zero-order valence-corrected chi connectivity index (χ0v) is 28.5. The maximum Gasteiger partial charge on any atom is 0.141 e. The van der Waals surface area contributed by atoms with Crippen LogP contribution < -0.4 is 0 Å². The van der Waals surface area contributed by atoms with Gasteiger partial charge in [-0.1, -0.05) is 83.1 Å². The van der Waals surface area contributed by atoms with Crippen molar-refractivity contribution in [2.24, 2.45) is 15.9 Å². The summed E-state index contributed by atoms with van der Waals surface area (Å²) in [6.07, 6.45) is 10.00. The van der Waals surface area contributed by atoms with Crippen LogP contribution in [0.25, 0.3) is 0 Å². The monoisotopic (exact) mass is 623 g/mol. The van der Waals surface area contributed by atoms with Crippen LogP contribution in [-0.4, -0.2) is 49.4 Å². The number of hydrogen-bond acceptors (Lipinski definition) is 5. The van der Waals surface area contributed by atoms with Crippen LogP contribution >= 0.6 is 23.4 Å². The van der Waals surface area contributed by atoms with E-state index in [1.54, 1.807) is 23.9 Å². The molecule has 42 heavy (non-hydrogen) atoms. The number of alkyl halides is 1. The predicted octanol–water partition coefficient (Wildman–Crippen LogP) is 10.8. The highest BCUT2D eigenvalue weighted by Crippen LogP contribution is 2.38. The number of ether oxygens (including phenoxy) is 1. The molecule has 0 aliphatic carbocycles. The first-order valence-corrected chi connectivity index (χ1v) is 16.3. The summed E-state index contributed by atoms with van der Waals surface area (Å²) >= 11 is 7.05. The Bertz CT molecular complexity index is 1040. The molecular formula is C34H52ClF2N3OS.